The van der Waals surface area contributed by atoms with Crippen LogP contribution in [-0.4, -0.2) is 31.8 Å². The van der Waals surface area contributed by atoms with E-state index in [0.29, 0.717) is 13.2 Å². The normalized spacial score (nSPS) is 12.2. The summed E-state index contributed by atoms with van der Waals surface area (Å²) in [5.41, 5.74) is 5.41. The predicted molar refractivity (Wildman–Crippen MR) is 45.6 cm³/mol. The molecule has 0 fully saturated rings. The molecule has 70 valence electrons. The van der Waals surface area contributed by atoms with Crippen molar-refractivity contribution >= 4 is 5.97 Å². The third-order valence-electron chi connectivity index (χ3n) is 1.12. The van der Waals surface area contributed by atoms with Crippen molar-refractivity contribution in [3.63, 3.8) is 0 Å². The van der Waals surface area contributed by atoms with Gasteiger partial charge in [-0.25, -0.2) is 0 Å². The molecule has 2 N–H and O–H groups in total. The van der Waals surface area contributed by atoms with Gasteiger partial charge >= 0.3 is 5.97 Å². The van der Waals surface area contributed by atoms with Crippen LogP contribution in [0.5, 0.6) is 0 Å². The molecule has 0 saturated heterocycles. The average molecular weight is 173 g/mol. The Morgan fingerprint density at radius 2 is 2.42 bits per heavy atom. The summed E-state index contributed by atoms with van der Waals surface area (Å²) >= 11 is 0. The fourth-order valence-corrected chi connectivity index (χ4v) is 0.596. The smallest absolute Gasteiger partial charge is 0.325 e. The van der Waals surface area contributed by atoms with Gasteiger partial charge in [0.05, 0.1) is 19.8 Å². The van der Waals surface area contributed by atoms with Crippen molar-refractivity contribution in [3.8, 4) is 0 Å². The van der Waals surface area contributed by atoms with Gasteiger partial charge in [0.25, 0.3) is 0 Å². The van der Waals surface area contributed by atoms with Crippen molar-refractivity contribution in [3.05, 3.63) is 12.7 Å². The highest BCUT2D eigenvalue weighted by Crippen LogP contribution is 1.87. The highest BCUT2D eigenvalue weighted by molar-refractivity contribution is 5.75. The molecule has 12 heavy (non-hydrogen) atoms. The van der Waals surface area contributed by atoms with Gasteiger partial charge in [-0.05, 0) is 6.92 Å². The van der Waals surface area contributed by atoms with Gasteiger partial charge in [-0.15, -0.1) is 6.58 Å². The second-order valence-electron chi connectivity index (χ2n) is 2.18. The molecule has 0 aliphatic carbocycles. The lowest BCUT2D eigenvalue weighted by Crippen LogP contribution is -2.36. The molecule has 0 saturated carbocycles. The Bertz CT molecular complexity index is 147. The largest absolute Gasteiger partial charge is 0.465 e. The molecule has 4 nitrogen and oxygen atoms in total. The Morgan fingerprint density at radius 1 is 1.75 bits per heavy atom. The summed E-state index contributed by atoms with van der Waals surface area (Å²) in [6.07, 6.45) is 1.60. The van der Waals surface area contributed by atoms with Crippen molar-refractivity contribution < 1.29 is 14.3 Å². The first-order chi connectivity index (χ1) is 5.72. The van der Waals surface area contributed by atoms with Crippen LogP contribution in [-0.2, 0) is 14.3 Å². The van der Waals surface area contributed by atoms with Crippen molar-refractivity contribution in [2.24, 2.45) is 5.73 Å². The Kier molecular flexibility index (Phi) is 6.32. The molecular weight excluding hydrogens is 158 g/mol. The Labute approximate surface area is 72.3 Å². The van der Waals surface area contributed by atoms with Crippen LogP contribution in [0.2, 0.25) is 0 Å². The molecule has 0 heterocycles. The molecule has 1 atom stereocenters. The van der Waals surface area contributed by atoms with Crippen molar-refractivity contribution in [2.45, 2.75) is 13.0 Å². The van der Waals surface area contributed by atoms with Gasteiger partial charge in [0, 0.05) is 0 Å². The number of ether oxygens (including phenoxy) is 2. The summed E-state index contributed by atoms with van der Waals surface area (Å²) in [6, 6.07) is -0.690. The SMILES string of the molecule is C=CCOCC(N)C(=O)OCC. The van der Waals surface area contributed by atoms with E-state index >= 15 is 0 Å². The Morgan fingerprint density at radius 3 is 2.92 bits per heavy atom. The zero-order valence-corrected chi connectivity index (χ0v) is 7.29. The second kappa shape index (κ2) is 6.82. The number of carbonyl (C=O) groups excluding carboxylic acids is 1. The van der Waals surface area contributed by atoms with E-state index in [-0.39, 0.29) is 6.61 Å². The van der Waals surface area contributed by atoms with Gasteiger partial charge in [0.2, 0.25) is 0 Å². The van der Waals surface area contributed by atoms with E-state index in [2.05, 4.69) is 11.3 Å². The number of esters is 1. The van der Waals surface area contributed by atoms with Crippen LogP contribution in [0.3, 0.4) is 0 Å². The fourth-order valence-electron chi connectivity index (χ4n) is 0.596. The molecule has 1 unspecified atom stereocenters. The van der Waals surface area contributed by atoms with E-state index in [1.54, 1.807) is 13.0 Å². The number of hydrogen-bond donors (Lipinski definition) is 1. The predicted octanol–water partition coefficient (Wildman–Crippen LogP) is 0.0794. The summed E-state index contributed by atoms with van der Waals surface area (Å²) in [5.74, 6) is -0.429. The first-order valence-corrected chi connectivity index (χ1v) is 3.83. The van der Waals surface area contributed by atoms with Crippen LogP contribution >= 0.6 is 0 Å². The van der Waals surface area contributed by atoms with Crippen molar-refractivity contribution in [1.29, 1.82) is 0 Å². The molecule has 0 aromatic heterocycles. The van der Waals surface area contributed by atoms with Gasteiger partial charge < -0.3 is 15.2 Å². The van der Waals surface area contributed by atoms with Gasteiger partial charge in [-0.1, -0.05) is 6.08 Å². The lowest BCUT2D eigenvalue weighted by molar-refractivity contribution is -0.146. The van der Waals surface area contributed by atoms with Crippen LogP contribution in [0, 0.1) is 0 Å². The van der Waals surface area contributed by atoms with E-state index in [1.807, 2.05) is 0 Å². The Balaban J connectivity index is 3.49. The summed E-state index contributed by atoms with van der Waals surface area (Å²) < 4.78 is 9.63. The van der Waals surface area contributed by atoms with Crippen molar-refractivity contribution in [2.75, 3.05) is 19.8 Å². The molecule has 0 radical (unpaired) electrons. The second-order valence-corrected chi connectivity index (χ2v) is 2.18. The van der Waals surface area contributed by atoms with Crippen LogP contribution < -0.4 is 5.73 Å². The molecule has 0 aromatic rings. The quantitative estimate of drug-likeness (QED) is 0.351. The highest BCUT2D eigenvalue weighted by atomic mass is 16.5. The summed E-state index contributed by atoms with van der Waals surface area (Å²) in [7, 11) is 0. The lowest BCUT2D eigenvalue weighted by Gasteiger charge is -2.09. The minimum atomic E-state index is -0.690. The average Bonchev–Trinajstić information content (AvgIpc) is 2.05. The minimum Gasteiger partial charge on any atom is -0.465 e. The molecular formula is C8H15NO3. The zero-order chi connectivity index (χ0) is 9.40. The van der Waals surface area contributed by atoms with Gasteiger partial charge in [0.15, 0.2) is 0 Å². The maximum atomic E-state index is 10.9. The maximum Gasteiger partial charge on any atom is 0.325 e. The molecule has 0 bridgehead atoms. The topological polar surface area (TPSA) is 61.5 Å². The fraction of sp³-hybridized carbons (Fsp3) is 0.625. The summed E-state index contributed by atoms with van der Waals surface area (Å²) in [6.45, 7) is 6.10. The third kappa shape index (κ3) is 4.87. The minimum absolute atomic E-state index is 0.171. The number of nitrogens with two attached hydrogens (primary N) is 1. The zero-order valence-electron chi connectivity index (χ0n) is 7.29. The first-order valence-electron chi connectivity index (χ1n) is 3.83. The van der Waals surface area contributed by atoms with Crippen LogP contribution in [0.4, 0.5) is 0 Å². The van der Waals surface area contributed by atoms with E-state index in [9.17, 15) is 4.79 Å². The number of carbonyl (C=O) groups is 1. The molecule has 0 amide bonds. The van der Waals surface area contributed by atoms with E-state index in [0.717, 1.165) is 0 Å². The van der Waals surface area contributed by atoms with E-state index in [4.69, 9.17) is 10.5 Å². The maximum absolute atomic E-state index is 10.9. The van der Waals surface area contributed by atoms with Crippen molar-refractivity contribution in [1.82, 2.24) is 0 Å². The van der Waals surface area contributed by atoms with Crippen LogP contribution in [0.1, 0.15) is 6.92 Å². The van der Waals surface area contributed by atoms with Gasteiger partial charge in [0.1, 0.15) is 6.04 Å². The Hall–Kier alpha value is -0.870. The van der Waals surface area contributed by atoms with Gasteiger partial charge in [-0.3, -0.25) is 4.79 Å². The van der Waals surface area contributed by atoms with Gasteiger partial charge in [-0.2, -0.15) is 0 Å². The molecule has 0 aliphatic heterocycles. The summed E-state index contributed by atoms with van der Waals surface area (Å²) in [5, 5.41) is 0. The molecule has 0 spiro atoms. The number of rotatable bonds is 6. The molecule has 4 heteroatoms. The first kappa shape index (κ1) is 11.1. The monoisotopic (exact) mass is 173 g/mol. The van der Waals surface area contributed by atoms with Crippen LogP contribution in [0.15, 0.2) is 12.7 Å². The molecule has 0 aliphatic rings. The third-order valence-corrected chi connectivity index (χ3v) is 1.12. The molecule has 0 aromatic carbocycles. The lowest BCUT2D eigenvalue weighted by atomic mass is 10.3. The van der Waals surface area contributed by atoms with E-state index in [1.165, 1.54) is 0 Å². The van der Waals surface area contributed by atoms with Crippen LogP contribution in [0.25, 0.3) is 0 Å². The molecule has 0 rings (SSSR count). The standard InChI is InChI=1S/C8H15NO3/c1-3-5-11-6-7(9)8(10)12-4-2/h3,7H,1,4-6,9H2,2H3. The summed E-state index contributed by atoms with van der Waals surface area (Å²) in [4.78, 5) is 10.9. The van der Waals surface area contributed by atoms with E-state index < -0.39 is 12.0 Å². The highest BCUT2D eigenvalue weighted by Gasteiger charge is 2.13. The number of hydrogen-bond acceptors (Lipinski definition) is 4.